The molecule has 3 rings (SSSR count). The van der Waals surface area contributed by atoms with Gasteiger partial charge >= 0.3 is 11.8 Å². The number of rotatable bonds is 4. The van der Waals surface area contributed by atoms with Crippen LogP contribution in [0.2, 0.25) is 0 Å². The summed E-state index contributed by atoms with van der Waals surface area (Å²) in [6.45, 7) is 2.64. The van der Waals surface area contributed by atoms with Gasteiger partial charge in [0.2, 0.25) is 0 Å². The fourth-order valence-corrected chi connectivity index (χ4v) is 2.82. The summed E-state index contributed by atoms with van der Waals surface area (Å²) in [5, 5.41) is 2.68. The molecule has 1 fully saturated rings. The maximum absolute atomic E-state index is 12.3. The number of benzene rings is 1. The molecule has 0 spiro atoms. The van der Waals surface area contributed by atoms with Crippen molar-refractivity contribution in [2.75, 3.05) is 38.2 Å². The number of nitrogens with zero attached hydrogens (tertiary/aromatic N) is 3. The van der Waals surface area contributed by atoms with Crippen molar-refractivity contribution in [1.29, 1.82) is 0 Å². The van der Waals surface area contributed by atoms with Crippen LogP contribution in [0.1, 0.15) is 5.56 Å². The van der Waals surface area contributed by atoms with Crippen LogP contribution in [0.15, 0.2) is 48.7 Å². The van der Waals surface area contributed by atoms with E-state index in [-0.39, 0.29) is 0 Å². The standard InChI is InChI=1S/C19H22N4O3/c1-26-16-7-5-15(6-8-16)14-21-18(24)19(25)23-12-10-22(11-13-23)17-4-2-3-9-20-17/h2-9H,10-14H2,1H3,(H,21,24). The molecule has 0 unspecified atom stereocenters. The van der Waals surface area contributed by atoms with Gasteiger partial charge in [-0.05, 0) is 29.8 Å². The second-order valence-corrected chi connectivity index (χ2v) is 6.00. The maximum atomic E-state index is 12.3. The largest absolute Gasteiger partial charge is 0.497 e. The average Bonchev–Trinajstić information content (AvgIpc) is 2.72. The number of nitrogens with one attached hydrogen (secondary N) is 1. The Morgan fingerprint density at radius 3 is 2.42 bits per heavy atom. The SMILES string of the molecule is COc1ccc(CNC(=O)C(=O)N2CCN(c3ccccn3)CC2)cc1. The van der Waals surface area contributed by atoms with Gasteiger partial charge in [-0.2, -0.15) is 0 Å². The highest BCUT2D eigenvalue weighted by molar-refractivity contribution is 6.35. The van der Waals surface area contributed by atoms with Gasteiger partial charge in [-0.1, -0.05) is 18.2 Å². The van der Waals surface area contributed by atoms with Crippen molar-refractivity contribution < 1.29 is 14.3 Å². The molecule has 0 aliphatic carbocycles. The number of pyridine rings is 1. The van der Waals surface area contributed by atoms with Crippen molar-refractivity contribution in [1.82, 2.24) is 15.2 Å². The Morgan fingerprint density at radius 1 is 1.08 bits per heavy atom. The molecule has 1 aliphatic rings. The van der Waals surface area contributed by atoms with E-state index in [0.29, 0.717) is 32.7 Å². The van der Waals surface area contributed by atoms with Crippen LogP contribution in [0.25, 0.3) is 0 Å². The molecular formula is C19H22N4O3. The lowest BCUT2D eigenvalue weighted by Gasteiger charge is -2.35. The van der Waals surface area contributed by atoms with E-state index >= 15 is 0 Å². The first-order valence-electron chi connectivity index (χ1n) is 8.53. The predicted molar refractivity (Wildman–Crippen MR) is 97.9 cm³/mol. The summed E-state index contributed by atoms with van der Waals surface area (Å²) >= 11 is 0. The van der Waals surface area contributed by atoms with Gasteiger partial charge in [-0.3, -0.25) is 9.59 Å². The first kappa shape index (κ1) is 17.7. The quantitative estimate of drug-likeness (QED) is 0.831. The van der Waals surface area contributed by atoms with Gasteiger partial charge in [0.15, 0.2) is 0 Å². The van der Waals surface area contributed by atoms with Gasteiger partial charge in [0.25, 0.3) is 0 Å². The number of amides is 2. The summed E-state index contributed by atoms with van der Waals surface area (Å²) < 4.78 is 5.10. The molecule has 0 atom stereocenters. The number of anilines is 1. The van der Waals surface area contributed by atoms with Gasteiger partial charge in [-0.25, -0.2) is 4.98 Å². The van der Waals surface area contributed by atoms with E-state index in [9.17, 15) is 9.59 Å². The number of piperazine rings is 1. The van der Waals surface area contributed by atoms with Crippen LogP contribution in [-0.2, 0) is 16.1 Å². The first-order chi connectivity index (χ1) is 12.7. The molecule has 7 nitrogen and oxygen atoms in total. The molecule has 2 amide bonds. The molecule has 2 aromatic rings. The molecule has 1 N–H and O–H groups in total. The van der Waals surface area contributed by atoms with E-state index in [2.05, 4.69) is 15.2 Å². The third kappa shape index (κ3) is 4.30. The van der Waals surface area contributed by atoms with E-state index in [1.165, 1.54) is 0 Å². The van der Waals surface area contributed by atoms with E-state index in [4.69, 9.17) is 4.74 Å². The normalized spacial score (nSPS) is 14.0. The van der Waals surface area contributed by atoms with Gasteiger partial charge < -0.3 is 19.9 Å². The lowest BCUT2D eigenvalue weighted by molar-refractivity contribution is -0.146. The van der Waals surface area contributed by atoms with Crippen LogP contribution < -0.4 is 15.0 Å². The molecule has 26 heavy (non-hydrogen) atoms. The van der Waals surface area contributed by atoms with Crippen LogP contribution in [0, 0.1) is 0 Å². The number of carbonyl (C=O) groups is 2. The monoisotopic (exact) mass is 354 g/mol. The zero-order valence-corrected chi connectivity index (χ0v) is 14.7. The Bertz CT molecular complexity index is 741. The molecule has 1 aromatic carbocycles. The second-order valence-electron chi connectivity index (χ2n) is 6.00. The highest BCUT2D eigenvalue weighted by Crippen LogP contribution is 2.13. The van der Waals surface area contributed by atoms with E-state index in [1.807, 2.05) is 42.5 Å². The van der Waals surface area contributed by atoms with Crippen molar-refractivity contribution in [2.45, 2.75) is 6.54 Å². The first-order valence-corrected chi connectivity index (χ1v) is 8.53. The summed E-state index contributed by atoms with van der Waals surface area (Å²) in [4.78, 5) is 32.5. The Morgan fingerprint density at radius 2 is 1.81 bits per heavy atom. The van der Waals surface area contributed by atoms with E-state index in [1.54, 1.807) is 18.2 Å². The van der Waals surface area contributed by atoms with Crippen LogP contribution >= 0.6 is 0 Å². The highest BCUT2D eigenvalue weighted by atomic mass is 16.5. The van der Waals surface area contributed by atoms with Gasteiger partial charge in [0.05, 0.1) is 7.11 Å². The minimum Gasteiger partial charge on any atom is -0.497 e. The number of hydrogen-bond acceptors (Lipinski definition) is 5. The molecule has 1 saturated heterocycles. The summed E-state index contributed by atoms with van der Waals surface area (Å²) in [6, 6.07) is 13.1. The minimum atomic E-state index is -0.577. The van der Waals surface area contributed by atoms with Crippen LogP contribution in [-0.4, -0.2) is 55.0 Å². The van der Waals surface area contributed by atoms with Crippen molar-refractivity contribution in [2.24, 2.45) is 0 Å². The van der Waals surface area contributed by atoms with Gasteiger partial charge in [0.1, 0.15) is 11.6 Å². The fourth-order valence-electron chi connectivity index (χ4n) is 2.82. The topological polar surface area (TPSA) is 74.8 Å². The zero-order chi connectivity index (χ0) is 18.4. The van der Waals surface area contributed by atoms with Gasteiger partial charge in [-0.15, -0.1) is 0 Å². The third-order valence-electron chi connectivity index (χ3n) is 4.35. The maximum Gasteiger partial charge on any atom is 0.312 e. The number of ether oxygens (including phenoxy) is 1. The van der Waals surface area contributed by atoms with Crippen LogP contribution in [0.4, 0.5) is 5.82 Å². The fraction of sp³-hybridized carbons (Fsp3) is 0.316. The molecule has 1 aliphatic heterocycles. The average molecular weight is 354 g/mol. The molecule has 0 radical (unpaired) electrons. The van der Waals surface area contributed by atoms with Crippen molar-refractivity contribution in [3.63, 3.8) is 0 Å². The Balaban J connectivity index is 1.47. The summed E-state index contributed by atoms with van der Waals surface area (Å²) in [7, 11) is 1.60. The Kier molecular flexibility index (Phi) is 5.68. The number of carbonyl (C=O) groups excluding carboxylic acids is 2. The lowest BCUT2D eigenvalue weighted by Crippen LogP contribution is -2.52. The highest BCUT2D eigenvalue weighted by Gasteiger charge is 2.26. The van der Waals surface area contributed by atoms with Gasteiger partial charge in [0, 0.05) is 38.9 Å². The van der Waals surface area contributed by atoms with E-state index < -0.39 is 11.8 Å². The lowest BCUT2D eigenvalue weighted by atomic mass is 10.2. The molecule has 2 heterocycles. The summed E-state index contributed by atoms with van der Waals surface area (Å²) in [5.74, 6) is 0.580. The Hall–Kier alpha value is -3.09. The van der Waals surface area contributed by atoms with E-state index in [0.717, 1.165) is 17.1 Å². The molecule has 0 bridgehead atoms. The van der Waals surface area contributed by atoms with Crippen LogP contribution in [0.3, 0.4) is 0 Å². The molecule has 0 saturated carbocycles. The molecule has 1 aromatic heterocycles. The van der Waals surface area contributed by atoms with Crippen molar-refractivity contribution >= 4 is 17.6 Å². The Labute approximate surface area is 152 Å². The van der Waals surface area contributed by atoms with Crippen molar-refractivity contribution in [3.8, 4) is 5.75 Å². The second kappa shape index (κ2) is 8.33. The number of hydrogen-bond donors (Lipinski definition) is 1. The minimum absolute atomic E-state index is 0.308. The summed E-state index contributed by atoms with van der Waals surface area (Å²) in [6.07, 6.45) is 1.75. The third-order valence-corrected chi connectivity index (χ3v) is 4.35. The predicted octanol–water partition coefficient (Wildman–Crippen LogP) is 1.06. The van der Waals surface area contributed by atoms with Crippen LogP contribution in [0.5, 0.6) is 5.75 Å². The summed E-state index contributed by atoms with van der Waals surface area (Å²) in [5.41, 5.74) is 0.909. The zero-order valence-electron chi connectivity index (χ0n) is 14.7. The van der Waals surface area contributed by atoms with Crippen molar-refractivity contribution in [3.05, 3.63) is 54.2 Å². The smallest absolute Gasteiger partial charge is 0.312 e. The number of methoxy groups -OCH3 is 1. The molecule has 7 heteroatoms. The molecular weight excluding hydrogens is 332 g/mol. The molecule has 136 valence electrons. The number of aromatic nitrogens is 1.